The molecular formula is C13H16N2OS. The molecule has 1 aliphatic rings. The molecule has 2 aromatic rings. The van der Waals surface area contributed by atoms with Crippen molar-refractivity contribution in [3.63, 3.8) is 0 Å². The van der Waals surface area contributed by atoms with Gasteiger partial charge in [0.2, 0.25) is 0 Å². The molecule has 0 amide bonds. The SMILES string of the molecule is C[C@@H]1Cc2c(sc3nc[nH]c(=O)c23)C(C)(C)C1. The molecule has 2 heterocycles. The molecule has 1 N–H and O–H groups in total. The van der Waals surface area contributed by atoms with Gasteiger partial charge in [-0.25, -0.2) is 4.98 Å². The fourth-order valence-corrected chi connectivity index (χ4v) is 4.41. The van der Waals surface area contributed by atoms with Crippen LogP contribution in [0.2, 0.25) is 0 Å². The number of nitrogens with one attached hydrogen (secondary N) is 1. The Bertz CT molecular complexity index is 638. The van der Waals surface area contributed by atoms with Gasteiger partial charge >= 0.3 is 0 Å². The summed E-state index contributed by atoms with van der Waals surface area (Å²) in [6, 6.07) is 0. The number of hydrogen-bond acceptors (Lipinski definition) is 3. The standard InChI is InChI=1S/C13H16N2OS/c1-7-4-8-9-11(16)14-6-15-12(9)17-10(8)13(2,3)5-7/h6-7H,4-5H2,1-3H3,(H,14,15,16)/t7-/m1/s1. The summed E-state index contributed by atoms with van der Waals surface area (Å²) in [6.07, 6.45) is 3.70. The minimum Gasteiger partial charge on any atom is -0.313 e. The quantitative estimate of drug-likeness (QED) is 0.779. The summed E-state index contributed by atoms with van der Waals surface area (Å²) in [5, 5.41) is 0.826. The van der Waals surface area contributed by atoms with Crippen molar-refractivity contribution in [2.75, 3.05) is 0 Å². The number of aromatic amines is 1. The molecule has 0 spiro atoms. The van der Waals surface area contributed by atoms with Crippen LogP contribution in [0, 0.1) is 5.92 Å². The van der Waals surface area contributed by atoms with Crippen molar-refractivity contribution in [1.29, 1.82) is 0 Å². The van der Waals surface area contributed by atoms with Gasteiger partial charge in [-0.1, -0.05) is 20.8 Å². The van der Waals surface area contributed by atoms with Gasteiger partial charge in [0, 0.05) is 4.88 Å². The molecule has 2 aromatic heterocycles. The van der Waals surface area contributed by atoms with Gasteiger partial charge in [-0.3, -0.25) is 4.79 Å². The zero-order chi connectivity index (χ0) is 12.2. The largest absolute Gasteiger partial charge is 0.313 e. The van der Waals surface area contributed by atoms with Crippen molar-refractivity contribution < 1.29 is 0 Å². The summed E-state index contributed by atoms with van der Waals surface area (Å²) in [4.78, 5) is 21.2. The maximum Gasteiger partial charge on any atom is 0.259 e. The topological polar surface area (TPSA) is 45.8 Å². The predicted molar refractivity (Wildman–Crippen MR) is 70.8 cm³/mol. The van der Waals surface area contributed by atoms with Crippen LogP contribution in [0.4, 0.5) is 0 Å². The Balaban J connectivity index is 2.39. The first-order valence-corrected chi connectivity index (χ1v) is 6.80. The van der Waals surface area contributed by atoms with Crippen molar-refractivity contribution >= 4 is 21.6 Å². The van der Waals surface area contributed by atoms with Crippen LogP contribution in [0.5, 0.6) is 0 Å². The van der Waals surface area contributed by atoms with Crippen molar-refractivity contribution in [2.24, 2.45) is 5.92 Å². The molecule has 1 atom stereocenters. The third-order valence-electron chi connectivity index (χ3n) is 3.62. The molecule has 0 saturated heterocycles. The zero-order valence-electron chi connectivity index (χ0n) is 10.3. The van der Waals surface area contributed by atoms with E-state index >= 15 is 0 Å². The summed E-state index contributed by atoms with van der Waals surface area (Å²) in [5.41, 5.74) is 1.42. The van der Waals surface area contributed by atoms with Gasteiger partial charge < -0.3 is 4.98 Å². The summed E-state index contributed by atoms with van der Waals surface area (Å²) >= 11 is 1.69. The highest BCUT2D eigenvalue weighted by Crippen LogP contribution is 2.45. The Labute approximate surface area is 104 Å². The third-order valence-corrected chi connectivity index (χ3v) is 5.13. The number of nitrogens with zero attached hydrogens (tertiary/aromatic N) is 1. The van der Waals surface area contributed by atoms with Crippen LogP contribution in [0.25, 0.3) is 10.2 Å². The molecule has 90 valence electrons. The second kappa shape index (κ2) is 3.42. The molecule has 4 heteroatoms. The van der Waals surface area contributed by atoms with Crippen molar-refractivity contribution in [2.45, 2.75) is 39.0 Å². The van der Waals surface area contributed by atoms with E-state index in [9.17, 15) is 4.79 Å². The Kier molecular flexibility index (Phi) is 2.20. The number of H-pyrrole nitrogens is 1. The molecule has 0 fully saturated rings. The highest BCUT2D eigenvalue weighted by Gasteiger charge is 2.35. The van der Waals surface area contributed by atoms with Crippen LogP contribution in [0.3, 0.4) is 0 Å². The van der Waals surface area contributed by atoms with Gasteiger partial charge in [-0.2, -0.15) is 0 Å². The lowest BCUT2D eigenvalue weighted by Crippen LogP contribution is -2.27. The second-order valence-corrected chi connectivity index (χ2v) is 6.72. The third kappa shape index (κ3) is 1.54. The van der Waals surface area contributed by atoms with E-state index in [-0.39, 0.29) is 11.0 Å². The van der Waals surface area contributed by atoms with Crippen molar-refractivity contribution in [3.8, 4) is 0 Å². The Morgan fingerprint density at radius 3 is 3.06 bits per heavy atom. The Hall–Kier alpha value is -1.16. The number of aromatic nitrogens is 2. The monoisotopic (exact) mass is 248 g/mol. The Morgan fingerprint density at radius 2 is 2.29 bits per heavy atom. The van der Waals surface area contributed by atoms with E-state index in [4.69, 9.17) is 0 Å². The van der Waals surface area contributed by atoms with E-state index < -0.39 is 0 Å². The average molecular weight is 248 g/mol. The summed E-state index contributed by atoms with van der Waals surface area (Å²) in [7, 11) is 0. The van der Waals surface area contributed by atoms with Gasteiger partial charge in [0.25, 0.3) is 5.56 Å². The maximum atomic E-state index is 11.9. The van der Waals surface area contributed by atoms with E-state index in [0.717, 1.165) is 16.6 Å². The molecule has 17 heavy (non-hydrogen) atoms. The van der Waals surface area contributed by atoms with E-state index in [1.54, 1.807) is 11.3 Å². The first-order valence-electron chi connectivity index (χ1n) is 5.98. The molecule has 0 aliphatic heterocycles. The first kappa shape index (κ1) is 11.0. The summed E-state index contributed by atoms with van der Waals surface area (Å²) in [6.45, 7) is 6.80. The smallest absolute Gasteiger partial charge is 0.259 e. The molecule has 0 bridgehead atoms. The van der Waals surface area contributed by atoms with Crippen LogP contribution in [0.15, 0.2) is 11.1 Å². The number of hydrogen-bond donors (Lipinski definition) is 1. The predicted octanol–water partition coefficient (Wildman–Crippen LogP) is 2.84. The lowest BCUT2D eigenvalue weighted by atomic mass is 9.73. The van der Waals surface area contributed by atoms with Gasteiger partial charge in [-0.05, 0) is 29.7 Å². The van der Waals surface area contributed by atoms with Gasteiger partial charge in [0.1, 0.15) is 4.83 Å². The zero-order valence-corrected chi connectivity index (χ0v) is 11.1. The number of rotatable bonds is 0. The van der Waals surface area contributed by atoms with E-state index in [0.29, 0.717) is 5.92 Å². The molecule has 0 aromatic carbocycles. The molecule has 0 unspecified atom stereocenters. The second-order valence-electron chi connectivity index (χ2n) is 5.72. The molecule has 0 saturated carbocycles. The minimum absolute atomic E-state index is 0.0115. The summed E-state index contributed by atoms with van der Waals surface area (Å²) < 4.78 is 0. The van der Waals surface area contributed by atoms with E-state index in [1.807, 2.05) is 0 Å². The average Bonchev–Trinajstić information content (AvgIpc) is 2.57. The van der Waals surface area contributed by atoms with E-state index in [1.165, 1.54) is 23.2 Å². The molecule has 3 nitrogen and oxygen atoms in total. The fourth-order valence-electron chi connectivity index (χ4n) is 3.12. The fraction of sp³-hybridized carbons (Fsp3) is 0.538. The van der Waals surface area contributed by atoms with Crippen molar-refractivity contribution in [3.05, 3.63) is 27.1 Å². The van der Waals surface area contributed by atoms with Crippen LogP contribution in [-0.4, -0.2) is 9.97 Å². The van der Waals surface area contributed by atoms with Crippen LogP contribution >= 0.6 is 11.3 Å². The first-order chi connectivity index (χ1) is 7.99. The lowest BCUT2D eigenvalue weighted by molar-refractivity contribution is 0.356. The van der Waals surface area contributed by atoms with Gasteiger partial charge in [-0.15, -0.1) is 11.3 Å². The van der Waals surface area contributed by atoms with Crippen LogP contribution < -0.4 is 5.56 Å². The maximum absolute atomic E-state index is 11.9. The van der Waals surface area contributed by atoms with Gasteiger partial charge in [0.15, 0.2) is 0 Å². The molecule has 0 radical (unpaired) electrons. The lowest BCUT2D eigenvalue weighted by Gasteiger charge is -2.33. The molecule has 1 aliphatic carbocycles. The van der Waals surface area contributed by atoms with Crippen LogP contribution in [0.1, 0.15) is 37.6 Å². The highest BCUT2D eigenvalue weighted by molar-refractivity contribution is 7.19. The number of thiophene rings is 1. The number of fused-ring (bicyclic) bond motifs is 3. The minimum atomic E-state index is 0.0115. The van der Waals surface area contributed by atoms with E-state index in [2.05, 4.69) is 30.7 Å². The molecule has 3 rings (SSSR count). The highest BCUT2D eigenvalue weighted by atomic mass is 32.1. The summed E-state index contributed by atoms with van der Waals surface area (Å²) in [5.74, 6) is 0.634. The van der Waals surface area contributed by atoms with Crippen molar-refractivity contribution in [1.82, 2.24) is 9.97 Å². The Morgan fingerprint density at radius 1 is 1.53 bits per heavy atom. The van der Waals surface area contributed by atoms with Crippen LogP contribution in [-0.2, 0) is 11.8 Å². The normalized spacial score (nSPS) is 22.6. The van der Waals surface area contributed by atoms with Gasteiger partial charge in [0.05, 0.1) is 11.7 Å². The molecular weight excluding hydrogens is 232 g/mol.